The van der Waals surface area contributed by atoms with Gasteiger partial charge in [0.1, 0.15) is 0 Å². The first-order valence-corrected chi connectivity index (χ1v) is 4.30. The van der Waals surface area contributed by atoms with Gasteiger partial charge >= 0.3 is 5.76 Å². The van der Waals surface area contributed by atoms with Crippen molar-refractivity contribution in [2.75, 3.05) is 0 Å². The van der Waals surface area contributed by atoms with Gasteiger partial charge in [0.05, 0.1) is 0 Å². The summed E-state index contributed by atoms with van der Waals surface area (Å²) in [6.45, 7) is 2.41. The SMILES string of the molecule is CCn1c(-c2ccncc2)noc1=O. The molecule has 0 N–H and O–H groups in total. The molecule has 0 saturated heterocycles. The largest absolute Gasteiger partial charge is 0.441 e. The third kappa shape index (κ3) is 1.32. The van der Waals surface area contributed by atoms with Crippen molar-refractivity contribution < 1.29 is 4.52 Å². The maximum Gasteiger partial charge on any atom is 0.441 e. The first-order valence-electron chi connectivity index (χ1n) is 4.30. The average Bonchev–Trinajstić information content (AvgIpc) is 2.61. The Morgan fingerprint density at radius 2 is 2.14 bits per heavy atom. The van der Waals surface area contributed by atoms with E-state index in [0.717, 1.165) is 5.56 Å². The number of hydrogen-bond acceptors (Lipinski definition) is 4. The molecule has 5 heteroatoms. The lowest BCUT2D eigenvalue weighted by molar-refractivity contribution is 0.377. The van der Waals surface area contributed by atoms with Crippen molar-refractivity contribution in [1.29, 1.82) is 0 Å². The molecule has 0 aliphatic carbocycles. The van der Waals surface area contributed by atoms with E-state index in [1.54, 1.807) is 24.5 Å². The van der Waals surface area contributed by atoms with Gasteiger partial charge in [-0.25, -0.2) is 4.79 Å². The number of aromatic nitrogens is 3. The minimum Gasteiger partial charge on any atom is -0.295 e. The molecule has 0 aliphatic heterocycles. The van der Waals surface area contributed by atoms with Crippen LogP contribution in [0.25, 0.3) is 11.4 Å². The molecule has 0 atom stereocenters. The van der Waals surface area contributed by atoms with Gasteiger partial charge in [-0.05, 0) is 19.1 Å². The van der Waals surface area contributed by atoms with Crippen LogP contribution in [0.1, 0.15) is 6.92 Å². The van der Waals surface area contributed by atoms with E-state index in [1.165, 1.54) is 4.57 Å². The number of hydrogen-bond donors (Lipinski definition) is 0. The monoisotopic (exact) mass is 191 g/mol. The molecule has 14 heavy (non-hydrogen) atoms. The molecule has 0 fully saturated rings. The van der Waals surface area contributed by atoms with Crippen molar-refractivity contribution in [1.82, 2.24) is 14.7 Å². The van der Waals surface area contributed by atoms with E-state index in [-0.39, 0.29) is 0 Å². The Hall–Kier alpha value is -1.91. The molecule has 2 aromatic rings. The van der Waals surface area contributed by atoms with Crippen LogP contribution in [0.2, 0.25) is 0 Å². The van der Waals surface area contributed by atoms with Gasteiger partial charge in [0.2, 0.25) is 0 Å². The van der Waals surface area contributed by atoms with Crippen LogP contribution in [0.5, 0.6) is 0 Å². The smallest absolute Gasteiger partial charge is 0.295 e. The van der Waals surface area contributed by atoms with E-state index >= 15 is 0 Å². The summed E-state index contributed by atoms with van der Waals surface area (Å²) >= 11 is 0. The normalized spacial score (nSPS) is 10.4. The van der Waals surface area contributed by atoms with Gasteiger partial charge in [-0.3, -0.25) is 14.1 Å². The maximum atomic E-state index is 11.2. The van der Waals surface area contributed by atoms with Crippen molar-refractivity contribution in [3.63, 3.8) is 0 Å². The Bertz CT molecular complexity index is 472. The average molecular weight is 191 g/mol. The van der Waals surface area contributed by atoms with Crippen LogP contribution >= 0.6 is 0 Å². The molecule has 0 bridgehead atoms. The molecule has 0 radical (unpaired) electrons. The molecule has 0 unspecified atom stereocenters. The molecule has 0 spiro atoms. The Kier molecular flexibility index (Phi) is 2.14. The zero-order valence-electron chi connectivity index (χ0n) is 7.67. The Morgan fingerprint density at radius 3 is 2.79 bits per heavy atom. The summed E-state index contributed by atoms with van der Waals surface area (Å²) in [7, 11) is 0. The summed E-state index contributed by atoms with van der Waals surface area (Å²) in [6, 6.07) is 3.56. The lowest BCUT2D eigenvalue weighted by Crippen LogP contribution is -2.13. The maximum absolute atomic E-state index is 11.2. The van der Waals surface area contributed by atoms with Gasteiger partial charge in [0.25, 0.3) is 0 Å². The first-order chi connectivity index (χ1) is 6.83. The fourth-order valence-electron chi connectivity index (χ4n) is 1.26. The second-order valence-corrected chi connectivity index (χ2v) is 2.75. The van der Waals surface area contributed by atoms with Gasteiger partial charge in [-0.1, -0.05) is 5.16 Å². The molecule has 2 aromatic heterocycles. The predicted molar refractivity (Wildman–Crippen MR) is 49.7 cm³/mol. The highest BCUT2D eigenvalue weighted by Crippen LogP contribution is 2.13. The molecule has 0 saturated carbocycles. The predicted octanol–water partition coefficient (Wildman–Crippen LogP) is 0.918. The van der Waals surface area contributed by atoms with Crippen LogP contribution in [-0.4, -0.2) is 14.7 Å². The van der Waals surface area contributed by atoms with Crippen molar-refractivity contribution in [3.8, 4) is 11.4 Å². The van der Waals surface area contributed by atoms with Crippen LogP contribution in [0.15, 0.2) is 33.8 Å². The van der Waals surface area contributed by atoms with Crippen molar-refractivity contribution in [2.24, 2.45) is 0 Å². The van der Waals surface area contributed by atoms with Crippen molar-refractivity contribution in [3.05, 3.63) is 35.1 Å². The molecule has 2 heterocycles. The van der Waals surface area contributed by atoms with E-state index in [1.807, 2.05) is 6.92 Å². The van der Waals surface area contributed by atoms with Gasteiger partial charge in [0.15, 0.2) is 5.82 Å². The fraction of sp³-hybridized carbons (Fsp3) is 0.222. The van der Waals surface area contributed by atoms with E-state index < -0.39 is 5.76 Å². The third-order valence-corrected chi connectivity index (χ3v) is 1.94. The van der Waals surface area contributed by atoms with E-state index in [0.29, 0.717) is 12.4 Å². The Labute approximate surface area is 80.0 Å². The molecule has 0 amide bonds. The summed E-state index contributed by atoms with van der Waals surface area (Å²) in [6.07, 6.45) is 3.29. The highest BCUT2D eigenvalue weighted by molar-refractivity contribution is 5.53. The van der Waals surface area contributed by atoms with Crippen LogP contribution in [-0.2, 0) is 6.54 Å². The van der Waals surface area contributed by atoms with Crippen molar-refractivity contribution in [2.45, 2.75) is 13.5 Å². The lowest BCUT2D eigenvalue weighted by Gasteiger charge is -1.98. The number of nitrogens with zero attached hydrogens (tertiary/aromatic N) is 3. The van der Waals surface area contributed by atoms with Crippen molar-refractivity contribution >= 4 is 0 Å². The standard InChI is InChI=1S/C9H9N3O2/c1-2-12-8(11-14-9(12)13)7-3-5-10-6-4-7/h3-6H,2H2,1H3. The first kappa shape index (κ1) is 8.68. The molecule has 5 nitrogen and oxygen atoms in total. The lowest BCUT2D eigenvalue weighted by atomic mass is 10.2. The fourth-order valence-corrected chi connectivity index (χ4v) is 1.26. The highest BCUT2D eigenvalue weighted by atomic mass is 16.5. The van der Waals surface area contributed by atoms with Crippen LogP contribution in [0.4, 0.5) is 0 Å². The van der Waals surface area contributed by atoms with Crippen LogP contribution in [0.3, 0.4) is 0 Å². The summed E-state index contributed by atoms with van der Waals surface area (Å²) < 4.78 is 6.05. The zero-order valence-corrected chi connectivity index (χ0v) is 7.67. The molecule has 72 valence electrons. The minimum atomic E-state index is -0.431. The second kappa shape index (κ2) is 3.45. The molecular formula is C9H9N3O2. The van der Waals surface area contributed by atoms with E-state index in [9.17, 15) is 4.79 Å². The summed E-state index contributed by atoms with van der Waals surface area (Å²) in [5, 5.41) is 3.70. The number of pyridine rings is 1. The summed E-state index contributed by atoms with van der Waals surface area (Å²) in [5.41, 5.74) is 0.827. The Balaban J connectivity index is 2.57. The summed E-state index contributed by atoms with van der Waals surface area (Å²) in [5.74, 6) is 0.110. The minimum absolute atomic E-state index is 0.431. The molecular weight excluding hydrogens is 182 g/mol. The van der Waals surface area contributed by atoms with Gasteiger partial charge in [-0.15, -0.1) is 0 Å². The van der Waals surface area contributed by atoms with Gasteiger partial charge < -0.3 is 0 Å². The highest BCUT2D eigenvalue weighted by Gasteiger charge is 2.09. The molecule has 0 aromatic carbocycles. The van der Waals surface area contributed by atoms with E-state index in [4.69, 9.17) is 0 Å². The zero-order chi connectivity index (χ0) is 9.97. The third-order valence-electron chi connectivity index (χ3n) is 1.94. The van der Waals surface area contributed by atoms with E-state index in [2.05, 4.69) is 14.7 Å². The number of rotatable bonds is 2. The quantitative estimate of drug-likeness (QED) is 0.708. The summed E-state index contributed by atoms with van der Waals surface area (Å²) in [4.78, 5) is 15.0. The molecule has 0 aliphatic rings. The topological polar surface area (TPSA) is 60.9 Å². The second-order valence-electron chi connectivity index (χ2n) is 2.75. The molecule has 2 rings (SSSR count). The van der Waals surface area contributed by atoms with Gasteiger partial charge in [0, 0.05) is 24.5 Å². The van der Waals surface area contributed by atoms with Gasteiger partial charge in [-0.2, -0.15) is 0 Å². The van der Waals surface area contributed by atoms with Crippen LogP contribution < -0.4 is 5.76 Å². The Morgan fingerprint density at radius 1 is 1.43 bits per heavy atom. The van der Waals surface area contributed by atoms with Crippen LogP contribution in [0, 0.1) is 0 Å².